The van der Waals surface area contributed by atoms with Gasteiger partial charge in [0.25, 0.3) is 17.9 Å². The summed E-state index contributed by atoms with van der Waals surface area (Å²) in [5, 5.41) is 0. The second-order valence-electron chi connectivity index (χ2n) is 6.75. The molecule has 0 atom stereocenters. The largest absolute Gasteiger partial charge is 0.642 e. The van der Waals surface area contributed by atoms with E-state index >= 15 is 0 Å². The molecule has 3 rings (SSSR count). The standard InChI is InChI=1S/C24H21BO6/c26-22(16-19-10-4-1-5-11-19)29-25(30-23(27)17-20-12-6-2-7-13-20)31-24(28)18-21-14-8-3-9-15-21/h1-15H,16-18H2/q-1. The van der Waals surface area contributed by atoms with E-state index < -0.39 is 25.2 Å². The summed E-state index contributed by atoms with van der Waals surface area (Å²) in [7, 11) is -1.76. The molecule has 0 aliphatic heterocycles. The fourth-order valence-corrected chi connectivity index (χ4v) is 2.81. The van der Waals surface area contributed by atoms with Crippen LogP contribution in [0.15, 0.2) is 91.0 Å². The van der Waals surface area contributed by atoms with E-state index in [2.05, 4.69) is 0 Å². The van der Waals surface area contributed by atoms with Crippen LogP contribution in [0.2, 0.25) is 0 Å². The van der Waals surface area contributed by atoms with Crippen LogP contribution in [0.3, 0.4) is 0 Å². The van der Waals surface area contributed by atoms with Gasteiger partial charge in [0.05, 0.1) is 19.3 Å². The molecule has 157 valence electrons. The van der Waals surface area contributed by atoms with Crippen LogP contribution in [-0.4, -0.2) is 25.2 Å². The van der Waals surface area contributed by atoms with Crippen LogP contribution in [0.25, 0.3) is 0 Å². The first kappa shape index (κ1) is 21.8. The highest BCUT2D eigenvalue weighted by atomic mass is 16.8. The Morgan fingerprint density at radius 1 is 0.484 bits per heavy atom. The zero-order valence-electron chi connectivity index (χ0n) is 16.8. The number of hydrogen-bond donors (Lipinski definition) is 0. The van der Waals surface area contributed by atoms with Gasteiger partial charge < -0.3 is 14.0 Å². The summed E-state index contributed by atoms with van der Waals surface area (Å²) in [6.07, 6.45) is -0.155. The fourth-order valence-electron chi connectivity index (χ4n) is 2.81. The normalized spacial score (nSPS) is 10.4. The molecule has 0 fully saturated rings. The van der Waals surface area contributed by atoms with Gasteiger partial charge in [0.1, 0.15) is 0 Å². The van der Waals surface area contributed by atoms with Crippen molar-refractivity contribution in [2.45, 2.75) is 19.3 Å². The Morgan fingerprint density at radius 2 is 0.742 bits per heavy atom. The molecular weight excluding hydrogens is 395 g/mol. The minimum Gasteiger partial charge on any atom is -0.642 e. The van der Waals surface area contributed by atoms with E-state index in [0.29, 0.717) is 0 Å². The lowest BCUT2D eigenvalue weighted by Crippen LogP contribution is -2.36. The molecular formula is C24H21BO6-. The van der Waals surface area contributed by atoms with Gasteiger partial charge in [0.15, 0.2) is 0 Å². The van der Waals surface area contributed by atoms with Crippen molar-refractivity contribution in [2.75, 3.05) is 0 Å². The van der Waals surface area contributed by atoms with Crippen molar-refractivity contribution in [3.8, 4) is 0 Å². The molecule has 0 spiro atoms. The Balaban J connectivity index is 1.62. The number of carbonyl (C=O) groups is 3. The summed E-state index contributed by atoms with van der Waals surface area (Å²) in [6.45, 7) is 0. The molecule has 0 amide bonds. The molecule has 0 aliphatic carbocycles. The van der Waals surface area contributed by atoms with Gasteiger partial charge in [0.2, 0.25) is 0 Å². The fraction of sp³-hybridized carbons (Fsp3) is 0.125. The van der Waals surface area contributed by atoms with Crippen LogP contribution in [-0.2, 0) is 47.6 Å². The topological polar surface area (TPSA) is 78.9 Å². The first-order valence-corrected chi connectivity index (χ1v) is 9.79. The van der Waals surface area contributed by atoms with E-state index in [1.165, 1.54) is 0 Å². The van der Waals surface area contributed by atoms with Gasteiger partial charge in [-0.15, -0.1) is 0 Å². The van der Waals surface area contributed by atoms with Crippen LogP contribution in [0, 0.1) is 0 Å². The van der Waals surface area contributed by atoms with E-state index in [0.717, 1.165) is 16.7 Å². The lowest BCUT2D eigenvalue weighted by molar-refractivity contribution is -0.147. The van der Waals surface area contributed by atoms with Crippen molar-refractivity contribution in [1.29, 1.82) is 0 Å². The van der Waals surface area contributed by atoms with Crippen LogP contribution < -0.4 is 0 Å². The van der Waals surface area contributed by atoms with Gasteiger partial charge in [-0.05, 0) is 16.7 Å². The highest BCUT2D eigenvalue weighted by Crippen LogP contribution is 2.08. The van der Waals surface area contributed by atoms with E-state index in [1.54, 1.807) is 72.8 Å². The minimum absolute atomic E-state index is 0.0518. The molecule has 3 aromatic rings. The summed E-state index contributed by atoms with van der Waals surface area (Å²) in [5.41, 5.74) is 2.16. The molecule has 6 nitrogen and oxygen atoms in total. The third-order valence-electron chi connectivity index (χ3n) is 4.26. The van der Waals surface area contributed by atoms with E-state index in [9.17, 15) is 14.4 Å². The Bertz CT molecular complexity index is 860. The minimum atomic E-state index is -1.76. The maximum absolute atomic E-state index is 12.3. The van der Waals surface area contributed by atoms with Gasteiger partial charge >= 0.3 is 7.32 Å². The molecule has 7 heteroatoms. The van der Waals surface area contributed by atoms with Crippen molar-refractivity contribution < 1.29 is 28.3 Å². The SMILES string of the molecule is O=C(Cc1ccccc1)O[B-](OC(=O)Cc1ccccc1)OC(=O)Cc1ccccc1. The first-order valence-electron chi connectivity index (χ1n) is 9.79. The van der Waals surface area contributed by atoms with Crippen molar-refractivity contribution in [3.63, 3.8) is 0 Å². The second-order valence-corrected chi connectivity index (χ2v) is 6.75. The van der Waals surface area contributed by atoms with Crippen LogP contribution >= 0.6 is 0 Å². The van der Waals surface area contributed by atoms with E-state index in [4.69, 9.17) is 14.0 Å². The molecule has 3 aromatic carbocycles. The molecule has 31 heavy (non-hydrogen) atoms. The third kappa shape index (κ3) is 7.82. The highest BCUT2D eigenvalue weighted by molar-refractivity contribution is 6.44. The van der Waals surface area contributed by atoms with E-state index in [1.807, 2.05) is 18.2 Å². The van der Waals surface area contributed by atoms with Crippen LogP contribution in [0.4, 0.5) is 0 Å². The van der Waals surface area contributed by atoms with Crippen LogP contribution in [0.1, 0.15) is 16.7 Å². The Kier molecular flexibility index (Phi) is 8.00. The number of hydrogen-bond acceptors (Lipinski definition) is 6. The smallest absolute Gasteiger partial charge is 0.526 e. The maximum Gasteiger partial charge on any atom is 0.526 e. The van der Waals surface area contributed by atoms with Gasteiger partial charge in [-0.25, -0.2) is 0 Å². The monoisotopic (exact) mass is 416 g/mol. The molecule has 0 unspecified atom stereocenters. The zero-order valence-corrected chi connectivity index (χ0v) is 16.8. The highest BCUT2D eigenvalue weighted by Gasteiger charge is 2.19. The zero-order chi connectivity index (χ0) is 21.9. The summed E-state index contributed by atoms with van der Waals surface area (Å²) in [4.78, 5) is 36.9. The van der Waals surface area contributed by atoms with Gasteiger partial charge in [0, 0.05) is 0 Å². The van der Waals surface area contributed by atoms with Gasteiger partial charge in [-0.2, -0.15) is 0 Å². The molecule has 0 heterocycles. The molecule has 0 saturated carbocycles. The Labute approximate surface area is 180 Å². The summed E-state index contributed by atoms with van der Waals surface area (Å²) >= 11 is 0. The number of carbonyl (C=O) groups excluding carboxylic acids is 3. The first-order chi connectivity index (χ1) is 15.1. The second kappa shape index (κ2) is 11.4. The predicted molar refractivity (Wildman–Crippen MR) is 114 cm³/mol. The Morgan fingerprint density at radius 3 is 1.00 bits per heavy atom. The summed E-state index contributed by atoms with van der Waals surface area (Å²) in [5.74, 6) is -2.05. The average Bonchev–Trinajstić information content (AvgIpc) is 2.75. The molecule has 0 aliphatic rings. The summed E-state index contributed by atoms with van der Waals surface area (Å²) < 4.78 is 15.4. The quantitative estimate of drug-likeness (QED) is 0.498. The van der Waals surface area contributed by atoms with E-state index in [-0.39, 0.29) is 19.3 Å². The number of benzene rings is 3. The molecule has 1 radical (unpaired) electrons. The average molecular weight is 416 g/mol. The van der Waals surface area contributed by atoms with Gasteiger partial charge in [-0.1, -0.05) is 91.0 Å². The van der Waals surface area contributed by atoms with Crippen LogP contribution in [0.5, 0.6) is 0 Å². The molecule has 0 aromatic heterocycles. The van der Waals surface area contributed by atoms with Gasteiger partial charge in [-0.3, -0.25) is 14.4 Å². The Hall–Kier alpha value is -3.87. The lowest BCUT2D eigenvalue weighted by Gasteiger charge is -2.29. The summed E-state index contributed by atoms with van der Waals surface area (Å²) in [6, 6.07) is 26.8. The third-order valence-corrected chi connectivity index (χ3v) is 4.26. The molecule has 0 saturated heterocycles. The van der Waals surface area contributed by atoms with Crippen molar-refractivity contribution in [3.05, 3.63) is 108 Å². The maximum atomic E-state index is 12.3. The molecule has 0 bridgehead atoms. The number of rotatable bonds is 9. The lowest BCUT2D eigenvalue weighted by atomic mass is 10.1. The molecule has 0 N–H and O–H groups in total. The van der Waals surface area contributed by atoms with Crippen molar-refractivity contribution in [2.24, 2.45) is 0 Å². The van der Waals surface area contributed by atoms with Crippen molar-refractivity contribution >= 4 is 25.2 Å². The predicted octanol–water partition coefficient (Wildman–Crippen LogP) is 3.33. The van der Waals surface area contributed by atoms with Crippen molar-refractivity contribution in [1.82, 2.24) is 0 Å².